The molecule has 0 aromatic heterocycles. The quantitative estimate of drug-likeness (QED) is 0.388. The van der Waals surface area contributed by atoms with Crippen LogP contribution in [0.15, 0.2) is 77.7 Å². The Morgan fingerprint density at radius 2 is 1.65 bits per heavy atom. The number of hydrogen-bond donors (Lipinski definition) is 3. The lowest BCUT2D eigenvalue weighted by molar-refractivity contribution is 0.0796. The Morgan fingerprint density at radius 3 is 2.29 bits per heavy atom. The molecule has 5 N–H and O–H groups in total. The maximum Gasteiger partial charge on any atom is 0.253 e. The molecule has 8 heteroatoms. The van der Waals surface area contributed by atoms with Gasteiger partial charge in [-0.1, -0.05) is 48.5 Å². The van der Waals surface area contributed by atoms with Gasteiger partial charge in [-0.2, -0.15) is 0 Å². The molecule has 0 heterocycles. The van der Waals surface area contributed by atoms with Gasteiger partial charge in [0.1, 0.15) is 5.84 Å². The topological polar surface area (TPSA) is 130 Å². The fourth-order valence-corrected chi connectivity index (χ4v) is 4.02. The molecule has 7 nitrogen and oxygen atoms in total. The van der Waals surface area contributed by atoms with E-state index in [1.165, 1.54) is 6.07 Å². The summed E-state index contributed by atoms with van der Waals surface area (Å²) in [5, 5.41) is 12.8. The molecule has 0 atom stereocenters. The van der Waals surface area contributed by atoms with Crippen LogP contribution >= 0.6 is 0 Å². The molecule has 0 aliphatic carbocycles. The van der Waals surface area contributed by atoms with Crippen LogP contribution in [-0.2, 0) is 16.4 Å². The molecule has 0 radical (unpaired) electrons. The van der Waals surface area contributed by atoms with E-state index in [1.807, 2.05) is 18.2 Å². The number of nitrogen functional groups attached to an aromatic ring is 1. The van der Waals surface area contributed by atoms with Gasteiger partial charge in [-0.3, -0.25) is 10.2 Å². The van der Waals surface area contributed by atoms with Crippen LogP contribution in [0.5, 0.6) is 0 Å². The van der Waals surface area contributed by atoms with Crippen molar-refractivity contribution in [3.8, 4) is 11.1 Å². The standard InChI is InChI=1S/C23H24N4O3S/c1-27(14-13-16-5-4-6-19(15-16)22(24)25)23(28)18-11-9-17(10-12-18)20-7-2-3-8-21(20)31(26,29)30/h2-12,15H,13-14H2,1H3,(H3,24,25)(H2,26,29,30). The molecule has 160 valence electrons. The Morgan fingerprint density at radius 1 is 0.968 bits per heavy atom. The smallest absolute Gasteiger partial charge is 0.253 e. The molecule has 3 rings (SSSR count). The molecule has 0 aliphatic rings. The lowest BCUT2D eigenvalue weighted by atomic mass is 10.0. The monoisotopic (exact) mass is 436 g/mol. The molecule has 0 bridgehead atoms. The van der Waals surface area contributed by atoms with Crippen LogP contribution in [-0.4, -0.2) is 38.7 Å². The fourth-order valence-electron chi connectivity index (χ4n) is 3.26. The molecule has 0 fully saturated rings. The highest BCUT2D eigenvalue weighted by Gasteiger charge is 2.16. The second kappa shape index (κ2) is 9.11. The minimum Gasteiger partial charge on any atom is -0.384 e. The summed E-state index contributed by atoms with van der Waals surface area (Å²) in [5.41, 5.74) is 8.81. The Hall–Kier alpha value is -3.49. The van der Waals surface area contributed by atoms with Gasteiger partial charge in [0.15, 0.2) is 0 Å². The van der Waals surface area contributed by atoms with Gasteiger partial charge >= 0.3 is 0 Å². The number of rotatable bonds is 7. The maximum atomic E-state index is 12.8. The third kappa shape index (κ3) is 5.36. The van der Waals surface area contributed by atoms with E-state index in [0.29, 0.717) is 35.2 Å². The van der Waals surface area contributed by atoms with Gasteiger partial charge in [0.25, 0.3) is 5.91 Å². The van der Waals surface area contributed by atoms with Crippen molar-refractivity contribution in [2.45, 2.75) is 11.3 Å². The summed E-state index contributed by atoms with van der Waals surface area (Å²) >= 11 is 0. The number of sulfonamides is 1. The zero-order valence-corrected chi connectivity index (χ0v) is 17.9. The first kappa shape index (κ1) is 22.2. The first-order valence-corrected chi connectivity index (χ1v) is 11.1. The van der Waals surface area contributed by atoms with E-state index in [0.717, 1.165) is 5.56 Å². The van der Waals surface area contributed by atoms with E-state index < -0.39 is 10.0 Å². The summed E-state index contributed by atoms with van der Waals surface area (Å²) in [6.07, 6.45) is 0.628. The highest BCUT2D eigenvalue weighted by molar-refractivity contribution is 7.89. The normalized spacial score (nSPS) is 11.2. The number of primary sulfonamides is 1. The van der Waals surface area contributed by atoms with Gasteiger partial charge in [0.2, 0.25) is 10.0 Å². The predicted octanol–water partition coefficient (Wildman–Crippen LogP) is 2.60. The Labute approximate surface area is 181 Å². The molecule has 0 aliphatic heterocycles. The van der Waals surface area contributed by atoms with E-state index in [9.17, 15) is 13.2 Å². The summed E-state index contributed by atoms with van der Waals surface area (Å²) in [7, 11) is -2.14. The van der Waals surface area contributed by atoms with Crippen LogP contribution in [0.3, 0.4) is 0 Å². The number of amidine groups is 1. The molecule has 0 unspecified atom stereocenters. The van der Waals surface area contributed by atoms with Crippen molar-refractivity contribution in [1.29, 1.82) is 5.41 Å². The van der Waals surface area contributed by atoms with Crippen molar-refractivity contribution in [1.82, 2.24) is 4.90 Å². The third-order valence-corrected chi connectivity index (χ3v) is 5.93. The number of hydrogen-bond acceptors (Lipinski definition) is 4. The summed E-state index contributed by atoms with van der Waals surface area (Å²) in [5.74, 6) is -0.135. The lowest BCUT2D eigenvalue weighted by Gasteiger charge is -2.18. The second-order valence-corrected chi connectivity index (χ2v) is 8.74. The largest absolute Gasteiger partial charge is 0.384 e. The van der Waals surface area contributed by atoms with Crippen molar-refractivity contribution >= 4 is 21.8 Å². The van der Waals surface area contributed by atoms with E-state index >= 15 is 0 Å². The number of amides is 1. The minimum atomic E-state index is -3.86. The van der Waals surface area contributed by atoms with Gasteiger partial charge in [0.05, 0.1) is 4.90 Å². The molecule has 3 aromatic rings. The van der Waals surface area contributed by atoms with Crippen LogP contribution in [0.25, 0.3) is 11.1 Å². The summed E-state index contributed by atoms with van der Waals surface area (Å²) in [6.45, 7) is 0.496. The van der Waals surface area contributed by atoms with Crippen LogP contribution in [0, 0.1) is 5.41 Å². The lowest BCUT2D eigenvalue weighted by Crippen LogP contribution is -2.28. The predicted molar refractivity (Wildman–Crippen MR) is 121 cm³/mol. The van der Waals surface area contributed by atoms with Gasteiger partial charge in [-0.15, -0.1) is 0 Å². The Kier molecular flexibility index (Phi) is 6.53. The van der Waals surface area contributed by atoms with Crippen LogP contribution < -0.4 is 10.9 Å². The summed E-state index contributed by atoms with van der Waals surface area (Å²) in [6, 6.07) is 20.6. The number of carbonyl (C=O) groups is 1. The van der Waals surface area contributed by atoms with Crippen molar-refractivity contribution in [3.05, 3.63) is 89.5 Å². The van der Waals surface area contributed by atoms with Crippen molar-refractivity contribution in [2.75, 3.05) is 13.6 Å². The second-order valence-electron chi connectivity index (χ2n) is 7.21. The first-order valence-electron chi connectivity index (χ1n) is 9.58. The molecule has 0 saturated heterocycles. The molecular weight excluding hydrogens is 412 g/mol. The van der Waals surface area contributed by atoms with E-state index in [-0.39, 0.29) is 16.6 Å². The SMILES string of the molecule is CN(CCc1cccc(C(=N)N)c1)C(=O)c1ccc(-c2ccccc2S(N)(=O)=O)cc1. The molecule has 3 aromatic carbocycles. The number of carbonyl (C=O) groups excluding carboxylic acids is 1. The van der Waals surface area contributed by atoms with Crippen LogP contribution in [0.1, 0.15) is 21.5 Å². The summed E-state index contributed by atoms with van der Waals surface area (Å²) < 4.78 is 23.7. The first-order chi connectivity index (χ1) is 14.7. The number of nitrogens with two attached hydrogens (primary N) is 2. The molecular formula is C23H24N4O3S. The average Bonchev–Trinajstić information content (AvgIpc) is 2.76. The highest BCUT2D eigenvalue weighted by atomic mass is 32.2. The fraction of sp³-hybridized carbons (Fsp3) is 0.130. The number of nitrogens with zero attached hydrogens (tertiary/aromatic N) is 1. The number of likely N-dealkylation sites (N-methyl/N-ethyl adjacent to an activating group) is 1. The van der Waals surface area contributed by atoms with E-state index in [2.05, 4.69) is 0 Å². The van der Waals surface area contributed by atoms with Crippen LogP contribution in [0.4, 0.5) is 0 Å². The van der Waals surface area contributed by atoms with Crippen molar-refractivity contribution in [2.24, 2.45) is 10.9 Å². The zero-order valence-electron chi connectivity index (χ0n) is 17.1. The molecule has 0 spiro atoms. The Bertz CT molecular complexity index is 1220. The molecule has 31 heavy (non-hydrogen) atoms. The maximum absolute atomic E-state index is 12.8. The third-order valence-electron chi connectivity index (χ3n) is 4.96. The van der Waals surface area contributed by atoms with Gasteiger partial charge in [0, 0.05) is 30.3 Å². The number of benzene rings is 3. The Balaban J connectivity index is 1.72. The summed E-state index contributed by atoms with van der Waals surface area (Å²) in [4.78, 5) is 14.4. The van der Waals surface area contributed by atoms with E-state index in [4.69, 9.17) is 16.3 Å². The molecule has 1 amide bonds. The van der Waals surface area contributed by atoms with E-state index in [1.54, 1.807) is 60.5 Å². The van der Waals surface area contributed by atoms with Gasteiger partial charge in [-0.05, 0) is 41.8 Å². The van der Waals surface area contributed by atoms with Crippen LogP contribution in [0.2, 0.25) is 0 Å². The average molecular weight is 437 g/mol. The van der Waals surface area contributed by atoms with Crippen molar-refractivity contribution in [3.63, 3.8) is 0 Å². The van der Waals surface area contributed by atoms with Gasteiger partial charge < -0.3 is 10.6 Å². The molecule has 0 saturated carbocycles. The van der Waals surface area contributed by atoms with Crippen molar-refractivity contribution < 1.29 is 13.2 Å². The highest BCUT2D eigenvalue weighted by Crippen LogP contribution is 2.26. The minimum absolute atomic E-state index is 0.00961. The van der Waals surface area contributed by atoms with Gasteiger partial charge in [-0.25, -0.2) is 13.6 Å². The zero-order chi connectivity index (χ0) is 22.6. The number of nitrogens with one attached hydrogen (secondary N) is 1.